The molecule has 0 saturated carbocycles. The molecule has 1 fully saturated rings. The maximum absolute atomic E-state index is 12.3. The van der Waals surface area contributed by atoms with Gasteiger partial charge < -0.3 is 10.2 Å². The van der Waals surface area contributed by atoms with Crippen molar-refractivity contribution in [1.82, 2.24) is 14.9 Å². The fraction of sp³-hybridized carbons (Fsp3) is 0.667. The van der Waals surface area contributed by atoms with Gasteiger partial charge in [0.05, 0.1) is 0 Å². The van der Waals surface area contributed by atoms with Crippen molar-refractivity contribution in [3.8, 4) is 0 Å². The van der Waals surface area contributed by atoms with Crippen molar-refractivity contribution in [2.24, 2.45) is 0 Å². The van der Waals surface area contributed by atoms with Gasteiger partial charge in [0.2, 0.25) is 10.0 Å². The predicted molar refractivity (Wildman–Crippen MR) is 77.9 cm³/mol. The van der Waals surface area contributed by atoms with Gasteiger partial charge in [0.15, 0.2) is 0 Å². The van der Waals surface area contributed by atoms with Crippen LogP contribution in [0.25, 0.3) is 0 Å². The Bertz CT molecular complexity index is 505. The van der Waals surface area contributed by atoms with Crippen LogP contribution < -0.4 is 10.0 Å². The van der Waals surface area contributed by atoms with E-state index in [4.69, 9.17) is 0 Å². The van der Waals surface area contributed by atoms with Crippen LogP contribution in [0.15, 0.2) is 16.3 Å². The molecule has 0 unspecified atom stereocenters. The SMILES string of the molecule is CNCc1ccc(S(=O)(=O)NC2CCN(C)CC2)s1. The third kappa shape index (κ3) is 4.00. The zero-order valence-corrected chi connectivity index (χ0v) is 13.0. The van der Waals surface area contributed by atoms with E-state index in [0.717, 1.165) is 30.8 Å². The van der Waals surface area contributed by atoms with Gasteiger partial charge in [-0.1, -0.05) is 0 Å². The quantitative estimate of drug-likeness (QED) is 0.846. The van der Waals surface area contributed by atoms with Gasteiger partial charge in [0, 0.05) is 17.5 Å². The van der Waals surface area contributed by atoms with Crippen LogP contribution in [-0.4, -0.2) is 46.5 Å². The molecular formula is C12H21N3O2S2. The molecule has 1 aliphatic heterocycles. The Morgan fingerprint density at radius 1 is 1.37 bits per heavy atom. The van der Waals surface area contributed by atoms with Crippen LogP contribution in [0.5, 0.6) is 0 Å². The minimum absolute atomic E-state index is 0.0658. The van der Waals surface area contributed by atoms with Crippen molar-refractivity contribution >= 4 is 21.4 Å². The molecule has 108 valence electrons. The molecule has 0 atom stereocenters. The van der Waals surface area contributed by atoms with Gasteiger partial charge in [0.1, 0.15) is 4.21 Å². The molecule has 0 aromatic carbocycles. The highest BCUT2D eigenvalue weighted by Gasteiger charge is 2.24. The van der Waals surface area contributed by atoms with E-state index in [0.29, 0.717) is 10.8 Å². The molecule has 0 amide bonds. The topological polar surface area (TPSA) is 61.4 Å². The molecule has 5 nitrogen and oxygen atoms in total. The summed E-state index contributed by atoms with van der Waals surface area (Å²) in [5.74, 6) is 0. The maximum Gasteiger partial charge on any atom is 0.250 e. The fourth-order valence-corrected chi connectivity index (χ4v) is 4.87. The summed E-state index contributed by atoms with van der Waals surface area (Å²) in [6.45, 7) is 2.60. The first-order valence-corrected chi connectivity index (χ1v) is 8.75. The summed E-state index contributed by atoms with van der Waals surface area (Å²) in [6.07, 6.45) is 1.76. The Morgan fingerprint density at radius 3 is 2.68 bits per heavy atom. The highest BCUT2D eigenvalue weighted by molar-refractivity contribution is 7.91. The van der Waals surface area contributed by atoms with Gasteiger partial charge in [-0.15, -0.1) is 11.3 Å². The van der Waals surface area contributed by atoms with Crippen LogP contribution in [0.3, 0.4) is 0 Å². The number of hydrogen-bond acceptors (Lipinski definition) is 5. The number of hydrogen-bond donors (Lipinski definition) is 2. The van der Waals surface area contributed by atoms with Crippen molar-refractivity contribution in [2.45, 2.75) is 29.6 Å². The van der Waals surface area contributed by atoms with Crippen LogP contribution in [0.2, 0.25) is 0 Å². The van der Waals surface area contributed by atoms with Gasteiger partial charge in [-0.2, -0.15) is 0 Å². The van der Waals surface area contributed by atoms with Crippen LogP contribution in [0.1, 0.15) is 17.7 Å². The molecule has 2 N–H and O–H groups in total. The minimum atomic E-state index is -3.35. The normalized spacial score (nSPS) is 18.8. The molecule has 1 aliphatic rings. The minimum Gasteiger partial charge on any atom is -0.315 e. The number of likely N-dealkylation sites (tertiary alicyclic amines) is 1. The standard InChI is InChI=1S/C12H21N3O2S2/c1-13-9-11-3-4-12(18-11)19(16,17)14-10-5-7-15(2)8-6-10/h3-4,10,13-14H,5-9H2,1-2H3. The van der Waals surface area contributed by atoms with Crippen molar-refractivity contribution in [2.75, 3.05) is 27.2 Å². The number of nitrogens with zero attached hydrogens (tertiary/aromatic N) is 1. The van der Waals surface area contributed by atoms with E-state index in [1.807, 2.05) is 13.1 Å². The Labute approximate surface area is 119 Å². The van der Waals surface area contributed by atoms with E-state index in [1.54, 1.807) is 6.07 Å². The number of piperidine rings is 1. The zero-order chi connectivity index (χ0) is 13.9. The zero-order valence-electron chi connectivity index (χ0n) is 11.3. The Kier molecular flexibility index (Phi) is 4.97. The third-order valence-electron chi connectivity index (χ3n) is 3.29. The summed E-state index contributed by atoms with van der Waals surface area (Å²) in [4.78, 5) is 3.26. The second-order valence-corrected chi connectivity index (χ2v) is 8.06. The first kappa shape index (κ1) is 14.9. The number of thiophene rings is 1. The molecule has 1 aromatic heterocycles. The average Bonchev–Trinajstić information content (AvgIpc) is 2.82. The Morgan fingerprint density at radius 2 is 2.05 bits per heavy atom. The first-order valence-electron chi connectivity index (χ1n) is 6.45. The second kappa shape index (κ2) is 6.32. The van der Waals surface area contributed by atoms with Crippen molar-refractivity contribution in [3.63, 3.8) is 0 Å². The fourth-order valence-electron chi connectivity index (χ4n) is 2.18. The lowest BCUT2D eigenvalue weighted by Crippen LogP contribution is -2.43. The monoisotopic (exact) mass is 303 g/mol. The molecule has 19 heavy (non-hydrogen) atoms. The molecule has 0 bridgehead atoms. The maximum atomic E-state index is 12.3. The Hall–Kier alpha value is -0.470. The second-order valence-electron chi connectivity index (χ2n) is 4.95. The lowest BCUT2D eigenvalue weighted by atomic mass is 10.1. The highest BCUT2D eigenvalue weighted by atomic mass is 32.2. The number of rotatable bonds is 5. The van der Waals surface area contributed by atoms with Crippen molar-refractivity contribution in [1.29, 1.82) is 0 Å². The van der Waals surface area contributed by atoms with E-state index in [2.05, 4.69) is 22.0 Å². The molecule has 2 heterocycles. The molecule has 7 heteroatoms. The lowest BCUT2D eigenvalue weighted by Gasteiger charge is -2.29. The summed E-state index contributed by atoms with van der Waals surface area (Å²) in [7, 11) is 0.563. The lowest BCUT2D eigenvalue weighted by molar-refractivity contribution is 0.248. The molecule has 0 radical (unpaired) electrons. The van der Waals surface area contributed by atoms with E-state index >= 15 is 0 Å². The molecule has 1 saturated heterocycles. The first-order chi connectivity index (χ1) is 9.01. The third-order valence-corrected chi connectivity index (χ3v) is 6.39. The van der Waals surface area contributed by atoms with Gasteiger partial charge in [-0.25, -0.2) is 13.1 Å². The van der Waals surface area contributed by atoms with Gasteiger partial charge in [-0.3, -0.25) is 0 Å². The van der Waals surface area contributed by atoms with Crippen LogP contribution in [0.4, 0.5) is 0 Å². The molecule has 0 spiro atoms. The molecular weight excluding hydrogens is 282 g/mol. The van der Waals surface area contributed by atoms with Gasteiger partial charge in [0.25, 0.3) is 0 Å². The summed E-state index contributed by atoms with van der Waals surface area (Å²) < 4.78 is 27.8. The van der Waals surface area contributed by atoms with Crippen LogP contribution >= 0.6 is 11.3 Å². The van der Waals surface area contributed by atoms with E-state index in [1.165, 1.54) is 11.3 Å². The predicted octanol–water partition coefficient (Wildman–Crippen LogP) is 0.840. The highest BCUT2D eigenvalue weighted by Crippen LogP contribution is 2.22. The van der Waals surface area contributed by atoms with E-state index in [9.17, 15) is 8.42 Å². The van der Waals surface area contributed by atoms with Crippen molar-refractivity contribution < 1.29 is 8.42 Å². The average molecular weight is 303 g/mol. The molecule has 1 aromatic rings. The molecule has 0 aliphatic carbocycles. The number of sulfonamides is 1. The smallest absolute Gasteiger partial charge is 0.250 e. The van der Waals surface area contributed by atoms with E-state index < -0.39 is 10.0 Å². The summed E-state index contributed by atoms with van der Waals surface area (Å²) in [6, 6.07) is 3.62. The summed E-state index contributed by atoms with van der Waals surface area (Å²) >= 11 is 1.33. The van der Waals surface area contributed by atoms with Gasteiger partial charge in [-0.05, 0) is 52.2 Å². The van der Waals surface area contributed by atoms with E-state index in [-0.39, 0.29) is 6.04 Å². The summed E-state index contributed by atoms with van der Waals surface area (Å²) in [5.41, 5.74) is 0. The Balaban J connectivity index is 2.01. The molecule has 2 rings (SSSR count). The van der Waals surface area contributed by atoms with Gasteiger partial charge >= 0.3 is 0 Å². The number of nitrogens with one attached hydrogen (secondary N) is 2. The van der Waals surface area contributed by atoms with Crippen LogP contribution in [0, 0.1) is 0 Å². The summed E-state index contributed by atoms with van der Waals surface area (Å²) in [5, 5.41) is 3.02. The van der Waals surface area contributed by atoms with Crippen LogP contribution in [-0.2, 0) is 16.6 Å². The largest absolute Gasteiger partial charge is 0.315 e. The van der Waals surface area contributed by atoms with Crippen molar-refractivity contribution in [3.05, 3.63) is 17.0 Å².